The molecular formula is C15H27N. The summed E-state index contributed by atoms with van der Waals surface area (Å²) >= 11 is 0. The average molecular weight is 221 g/mol. The Morgan fingerprint density at radius 1 is 1.38 bits per heavy atom. The summed E-state index contributed by atoms with van der Waals surface area (Å²) < 4.78 is 0. The smallest absolute Gasteiger partial charge is 0.0104 e. The van der Waals surface area contributed by atoms with E-state index in [-0.39, 0.29) is 0 Å². The van der Waals surface area contributed by atoms with E-state index in [4.69, 9.17) is 0 Å². The second kappa shape index (κ2) is 5.86. The molecule has 0 aromatic heterocycles. The lowest BCUT2D eigenvalue weighted by molar-refractivity contribution is 0.278. The highest BCUT2D eigenvalue weighted by molar-refractivity contribution is 4.92. The first kappa shape index (κ1) is 12.2. The van der Waals surface area contributed by atoms with Crippen LogP contribution in [0.2, 0.25) is 0 Å². The van der Waals surface area contributed by atoms with Gasteiger partial charge in [-0.2, -0.15) is 0 Å². The molecule has 2 bridgehead atoms. The summed E-state index contributed by atoms with van der Waals surface area (Å²) in [7, 11) is 0. The normalized spacial score (nSPS) is 34.2. The molecule has 0 aliphatic heterocycles. The highest BCUT2D eigenvalue weighted by Crippen LogP contribution is 2.49. The second-order valence-electron chi connectivity index (χ2n) is 5.85. The molecule has 0 spiro atoms. The summed E-state index contributed by atoms with van der Waals surface area (Å²) in [6.45, 7) is 7.30. The Balaban J connectivity index is 1.78. The Kier molecular flexibility index (Phi) is 4.45. The van der Waals surface area contributed by atoms with E-state index >= 15 is 0 Å². The Bertz CT molecular complexity index is 223. The molecule has 1 N–H and O–H groups in total. The zero-order valence-corrected chi connectivity index (χ0v) is 10.8. The first-order chi connectivity index (χ1) is 7.83. The van der Waals surface area contributed by atoms with Crippen molar-refractivity contribution in [2.45, 2.75) is 57.9 Å². The molecule has 16 heavy (non-hydrogen) atoms. The third-order valence-corrected chi connectivity index (χ3v) is 4.61. The van der Waals surface area contributed by atoms with Crippen molar-refractivity contribution in [3.05, 3.63) is 12.7 Å². The first-order valence-electron chi connectivity index (χ1n) is 7.17. The lowest BCUT2D eigenvalue weighted by Gasteiger charge is -2.26. The van der Waals surface area contributed by atoms with E-state index in [9.17, 15) is 0 Å². The molecule has 0 radical (unpaired) electrons. The van der Waals surface area contributed by atoms with E-state index in [1.165, 1.54) is 38.6 Å². The van der Waals surface area contributed by atoms with Gasteiger partial charge >= 0.3 is 0 Å². The number of hydrogen-bond donors (Lipinski definition) is 1. The Hall–Kier alpha value is -0.300. The van der Waals surface area contributed by atoms with Crippen molar-refractivity contribution in [3.8, 4) is 0 Å². The van der Waals surface area contributed by atoms with Gasteiger partial charge in [0.25, 0.3) is 0 Å². The SMILES string of the molecule is C=CCC(CC1CC2CCC1C2)NCCC. The molecule has 92 valence electrons. The molecule has 0 amide bonds. The number of rotatable bonds is 7. The molecule has 4 unspecified atom stereocenters. The van der Waals surface area contributed by atoms with Crippen LogP contribution < -0.4 is 5.32 Å². The quantitative estimate of drug-likeness (QED) is 0.646. The highest BCUT2D eigenvalue weighted by atomic mass is 14.9. The molecule has 1 nitrogen and oxygen atoms in total. The van der Waals surface area contributed by atoms with E-state index in [0.717, 1.165) is 24.2 Å². The average Bonchev–Trinajstić information content (AvgIpc) is 2.88. The van der Waals surface area contributed by atoms with Crippen LogP contribution in [-0.2, 0) is 0 Å². The van der Waals surface area contributed by atoms with Gasteiger partial charge in [-0.1, -0.05) is 19.4 Å². The predicted molar refractivity (Wildman–Crippen MR) is 70.5 cm³/mol. The minimum Gasteiger partial charge on any atom is -0.314 e. The van der Waals surface area contributed by atoms with Crippen molar-refractivity contribution in [2.75, 3.05) is 6.54 Å². The van der Waals surface area contributed by atoms with E-state index < -0.39 is 0 Å². The molecule has 2 fully saturated rings. The van der Waals surface area contributed by atoms with Crippen LogP contribution in [0, 0.1) is 17.8 Å². The van der Waals surface area contributed by atoms with Gasteiger partial charge in [0.1, 0.15) is 0 Å². The fourth-order valence-electron chi connectivity index (χ4n) is 3.84. The van der Waals surface area contributed by atoms with Crippen molar-refractivity contribution in [1.82, 2.24) is 5.32 Å². The van der Waals surface area contributed by atoms with Gasteiger partial charge in [-0.05, 0) is 62.8 Å². The molecule has 0 saturated heterocycles. The Morgan fingerprint density at radius 3 is 2.81 bits per heavy atom. The van der Waals surface area contributed by atoms with E-state index in [2.05, 4.69) is 24.9 Å². The van der Waals surface area contributed by atoms with Crippen molar-refractivity contribution >= 4 is 0 Å². The fraction of sp³-hybridized carbons (Fsp3) is 0.867. The topological polar surface area (TPSA) is 12.0 Å². The van der Waals surface area contributed by atoms with Crippen LogP contribution in [0.5, 0.6) is 0 Å². The van der Waals surface area contributed by atoms with Crippen LogP contribution in [0.4, 0.5) is 0 Å². The zero-order valence-electron chi connectivity index (χ0n) is 10.8. The lowest BCUT2D eigenvalue weighted by Crippen LogP contribution is -2.32. The first-order valence-corrected chi connectivity index (χ1v) is 7.17. The van der Waals surface area contributed by atoms with E-state index in [0.29, 0.717) is 6.04 Å². The van der Waals surface area contributed by atoms with Gasteiger partial charge in [0.05, 0.1) is 0 Å². The number of hydrogen-bond acceptors (Lipinski definition) is 1. The van der Waals surface area contributed by atoms with Crippen LogP contribution >= 0.6 is 0 Å². The molecule has 0 aromatic rings. The van der Waals surface area contributed by atoms with Crippen LogP contribution in [0.15, 0.2) is 12.7 Å². The van der Waals surface area contributed by atoms with Gasteiger partial charge in [0.15, 0.2) is 0 Å². The fourth-order valence-corrected chi connectivity index (χ4v) is 3.84. The standard InChI is InChI=1S/C15H27N/c1-3-5-15(16-8-4-2)11-14-10-12-6-7-13(14)9-12/h3,12-16H,1,4-11H2,2H3. The van der Waals surface area contributed by atoms with Crippen LogP contribution in [0.3, 0.4) is 0 Å². The van der Waals surface area contributed by atoms with Gasteiger partial charge in [-0.15, -0.1) is 6.58 Å². The molecule has 2 aliphatic carbocycles. The summed E-state index contributed by atoms with van der Waals surface area (Å²) in [5.74, 6) is 3.18. The summed E-state index contributed by atoms with van der Waals surface area (Å²) in [5, 5.41) is 3.69. The van der Waals surface area contributed by atoms with Crippen molar-refractivity contribution in [2.24, 2.45) is 17.8 Å². The second-order valence-corrected chi connectivity index (χ2v) is 5.85. The molecular weight excluding hydrogens is 194 g/mol. The summed E-state index contributed by atoms with van der Waals surface area (Å²) in [6.07, 6.45) is 12.0. The van der Waals surface area contributed by atoms with Gasteiger partial charge in [0.2, 0.25) is 0 Å². The van der Waals surface area contributed by atoms with Crippen molar-refractivity contribution < 1.29 is 0 Å². The Labute approximate surface area is 101 Å². The molecule has 2 rings (SSSR count). The number of nitrogens with one attached hydrogen (secondary N) is 1. The molecule has 0 heterocycles. The summed E-state index contributed by atoms with van der Waals surface area (Å²) in [4.78, 5) is 0. The zero-order chi connectivity index (χ0) is 11.4. The van der Waals surface area contributed by atoms with Crippen molar-refractivity contribution in [1.29, 1.82) is 0 Å². The van der Waals surface area contributed by atoms with E-state index in [1.807, 2.05) is 0 Å². The monoisotopic (exact) mass is 221 g/mol. The maximum atomic E-state index is 3.89. The minimum atomic E-state index is 0.696. The lowest BCUT2D eigenvalue weighted by atomic mass is 9.83. The number of fused-ring (bicyclic) bond motifs is 2. The predicted octanol–water partition coefficient (Wildman–Crippen LogP) is 3.76. The van der Waals surface area contributed by atoms with Crippen LogP contribution in [-0.4, -0.2) is 12.6 Å². The maximum absolute atomic E-state index is 3.89. The molecule has 2 aliphatic rings. The van der Waals surface area contributed by atoms with Gasteiger partial charge in [-0.3, -0.25) is 0 Å². The summed E-state index contributed by atoms with van der Waals surface area (Å²) in [6, 6.07) is 0.696. The summed E-state index contributed by atoms with van der Waals surface area (Å²) in [5.41, 5.74) is 0. The molecule has 4 atom stereocenters. The van der Waals surface area contributed by atoms with Gasteiger partial charge in [0, 0.05) is 6.04 Å². The highest BCUT2D eigenvalue weighted by Gasteiger charge is 2.39. The van der Waals surface area contributed by atoms with Gasteiger partial charge in [-0.25, -0.2) is 0 Å². The van der Waals surface area contributed by atoms with E-state index in [1.54, 1.807) is 6.42 Å². The molecule has 1 heteroatoms. The largest absolute Gasteiger partial charge is 0.314 e. The molecule has 0 aromatic carbocycles. The third-order valence-electron chi connectivity index (χ3n) is 4.61. The van der Waals surface area contributed by atoms with Crippen molar-refractivity contribution in [3.63, 3.8) is 0 Å². The Morgan fingerprint density at radius 2 is 2.25 bits per heavy atom. The molecule has 2 saturated carbocycles. The van der Waals surface area contributed by atoms with Gasteiger partial charge < -0.3 is 5.32 Å². The maximum Gasteiger partial charge on any atom is 0.0104 e. The van der Waals surface area contributed by atoms with Crippen LogP contribution in [0.25, 0.3) is 0 Å². The van der Waals surface area contributed by atoms with Crippen LogP contribution in [0.1, 0.15) is 51.9 Å². The minimum absolute atomic E-state index is 0.696. The third kappa shape index (κ3) is 2.88.